The molecule has 4 nitrogen and oxygen atoms in total. The molecular weight excluding hydrogens is 383 g/mol. The Hall–Kier alpha value is 3.41. The first kappa shape index (κ1) is 25.7. The minimum atomic E-state index is 0. The third kappa shape index (κ3) is 13.8. The fraction of sp³-hybridized carbons (Fsp3) is 0.800. The van der Waals surface area contributed by atoms with Gasteiger partial charge in [-0.1, -0.05) is 0 Å². The van der Waals surface area contributed by atoms with Crippen molar-refractivity contribution in [2.24, 2.45) is 0 Å². The summed E-state index contributed by atoms with van der Waals surface area (Å²) >= 11 is 18.8. The molecule has 2 aliphatic rings. The molecule has 0 aromatic carbocycles. The van der Waals surface area contributed by atoms with E-state index in [1.54, 1.807) is 0 Å². The predicted octanol–water partition coefficient (Wildman–Crippen LogP) is -5.15. The smallest absolute Gasteiger partial charge is 0.410 e. The predicted molar refractivity (Wildman–Crippen MR) is 87.8 cm³/mol. The first-order valence-corrected chi connectivity index (χ1v) is 7.66. The van der Waals surface area contributed by atoms with Gasteiger partial charge in [0.2, 0.25) is 0 Å². The zero-order chi connectivity index (χ0) is 13.4. The Kier molecular flexibility index (Phi) is 20.4. The molecule has 20 heavy (non-hydrogen) atoms. The van der Waals surface area contributed by atoms with Gasteiger partial charge in [0.15, 0.2) is 0 Å². The quantitative estimate of drug-likeness (QED) is 0.270. The van der Waals surface area contributed by atoms with Crippen LogP contribution in [-0.4, -0.2) is 44.8 Å². The third-order valence-electron chi connectivity index (χ3n) is 2.71. The van der Waals surface area contributed by atoms with Crippen molar-refractivity contribution in [3.8, 4) is 0 Å². The van der Waals surface area contributed by atoms with Gasteiger partial charge in [-0.2, -0.15) is 0 Å². The number of rotatable bonds is 2. The van der Waals surface area contributed by atoms with E-state index in [1.807, 2.05) is 0 Å². The van der Waals surface area contributed by atoms with E-state index in [1.165, 1.54) is 25.7 Å². The van der Waals surface area contributed by atoms with Crippen molar-refractivity contribution in [3.05, 3.63) is 0 Å². The molecule has 2 N–H and O–H groups in total. The van der Waals surface area contributed by atoms with Crippen molar-refractivity contribution < 1.29 is 103 Å². The second-order valence-electron chi connectivity index (χ2n) is 4.19. The van der Waals surface area contributed by atoms with Crippen molar-refractivity contribution in [3.63, 3.8) is 0 Å². The van der Waals surface area contributed by atoms with Crippen LogP contribution in [0.3, 0.4) is 0 Å². The minimum absolute atomic E-state index is 0. The third-order valence-corrected chi connectivity index (χ3v) is 3.08. The van der Waals surface area contributed by atoms with Crippen LogP contribution in [0, 0.1) is 0 Å². The Balaban J connectivity index is 0. The average Bonchev–Trinajstić information content (AvgIpc) is 2.90. The second kappa shape index (κ2) is 15.9. The Bertz CT molecular complexity index is 256. The van der Waals surface area contributed by atoms with Crippen molar-refractivity contribution in [2.45, 2.75) is 25.7 Å². The molecule has 0 amide bonds. The molecule has 0 atom stereocenters. The number of nitrogens with zero attached hydrogens (tertiary/aromatic N) is 2. The molecule has 0 saturated carbocycles. The van der Waals surface area contributed by atoms with E-state index in [4.69, 9.17) is 49.7 Å². The molecule has 10 heteroatoms. The molecule has 2 saturated heterocycles. The standard InChI is InChI=1S/2C5H10N2S2.2K/c2*8-5(9)6-7-3-1-2-4-7;;/h2*1-4H2,(H2,6,8,9);;/q;;2*+1/p-2. The van der Waals surface area contributed by atoms with Gasteiger partial charge in [-0.3, -0.25) is 0 Å². The molecule has 2 rings (SSSR count). The molecule has 0 bridgehead atoms. The van der Waals surface area contributed by atoms with E-state index in [0.29, 0.717) is 8.64 Å². The van der Waals surface area contributed by atoms with Crippen LogP contribution in [0.1, 0.15) is 25.7 Å². The summed E-state index contributed by atoms with van der Waals surface area (Å²) in [4.78, 5) is 0. The Labute approximate surface area is 228 Å². The topological polar surface area (TPSA) is 30.5 Å². The number of hydrogen-bond donors (Lipinski definition) is 2. The van der Waals surface area contributed by atoms with Crippen molar-refractivity contribution >= 4 is 58.3 Å². The van der Waals surface area contributed by atoms with Gasteiger partial charge in [0, 0.05) is 26.2 Å². The summed E-state index contributed by atoms with van der Waals surface area (Å²) in [6.07, 6.45) is 5.02. The summed E-state index contributed by atoms with van der Waals surface area (Å²) in [7, 11) is 0. The zero-order valence-corrected chi connectivity index (χ0v) is 21.7. The van der Waals surface area contributed by atoms with Gasteiger partial charge >= 0.3 is 103 Å². The molecule has 104 valence electrons. The van der Waals surface area contributed by atoms with E-state index >= 15 is 0 Å². The molecule has 2 fully saturated rings. The summed E-state index contributed by atoms with van der Waals surface area (Å²) in [6, 6.07) is 0. The van der Waals surface area contributed by atoms with Crippen LogP contribution in [0.2, 0.25) is 0 Å². The summed E-state index contributed by atoms with van der Waals surface area (Å²) in [6.45, 7) is 4.32. The maximum absolute atomic E-state index is 4.69. The first-order chi connectivity index (χ1) is 8.58. The van der Waals surface area contributed by atoms with Gasteiger partial charge in [0.25, 0.3) is 0 Å². The summed E-state index contributed by atoms with van der Waals surface area (Å²) in [5.74, 6) is 0. The number of hydrogen-bond acceptors (Lipinski definition) is 6. The maximum atomic E-state index is 4.69. The van der Waals surface area contributed by atoms with Crippen LogP contribution in [0.5, 0.6) is 0 Å². The van der Waals surface area contributed by atoms with Crippen LogP contribution in [-0.2, 0) is 25.3 Å². The molecule has 0 aromatic rings. The van der Waals surface area contributed by atoms with Crippen LogP contribution in [0.25, 0.3) is 0 Å². The van der Waals surface area contributed by atoms with Gasteiger partial charge in [0.05, 0.1) is 0 Å². The normalized spacial score (nSPS) is 18.0. The summed E-state index contributed by atoms with van der Waals surface area (Å²) < 4.78 is 0.911. The molecule has 2 heterocycles. The molecule has 0 aliphatic carbocycles. The van der Waals surface area contributed by atoms with E-state index in [-0.39, 0.29) is 103 Å². The van der Waals surface area contributed by atoms with Crippen LogP contribution >= 0.6 is 24.4 Å². The summed E-state index contributed by atoms with van der Waals surface area (Å²) in [5, 5.41) is 4.13. The Morgan fingerprint density at radius 3 is 1.15 bits per heavy atom. The monoisotopic (exact) mass is 400 g/mol. The van der Waals surface area contributed by atoms with Crippen LogP contribution in [0.15, 0.2) is 0 Å². The molecule has 0 spiro atoms. The molecule has 2 aliphatic heterocycles. The van der Waals surface area contributed by atoms with E-state index in [9.17, 15) is 0 Å². The Morgan fingerprint density at radius 1 is 0.700 bits per heavy atom. The van der Waals surface area contributed by atoms with Crippen molar-refractivity contribution in [2.75, 3.05) is 26.2 Å². The zero-order valence-electron chi connectivity index (χ0n) is 12.2. The van der Waals surface area contributed by atoms with Gasteiger partial charge in [-0.25, -0.2) is 10.0 Å². The van der Waals surface area contributed by atoms with Crippen LogP contribution in [0.4, 0.5) is 0 Å². The van der Waals surface area contributed by atoms with E-state index < -0.39 is 0 Å². The maximum Gasteiger partial charge on any atom is 1.00 e. The first-order valence-electron chi connectivity index (χ1n) is 6.03. The number of thiocarbonyl (C=S) groups is 2. The molecule has 0 radical (unpaired) electrons. The fourth-order valence-corrected chi connectivity index (χ4v) is 2.43. The average molecular weight is 401 g/mol. The van der Waals surface area contributed by atoms with Gasteiger partial charge < -0.3 is 60.5 Å². The van der Waals surface area contributed by atoms with Crippen molar-refractivity contribution in [1.29, 1.82) is 0 Å². The van der Waals surface area contributed by atoms with Crippen LogP contribution < -0.4 is 114 Å². The summed E-state index contributed by atoms with van der Waals surface area (Å²) in [5.41, 5.74) is 5.84. The van der Waals surface area contributed by atoms with Gasteiger partial charge in [0.1, 0.15) is 0 Å². The molecule has 0 aromatic heterocycles. The largest absolute Gasteiger partial charge is 1.00 e. The van der Waals surface area contributed by atoms with Gasteiger partial charge in [-0.05, 0) is 34.3 Å². The number of hydrazine groups is 2. The minimum Gasteiger partial charge on any atom is -0.410 e. The Morgan fingerprint density at radius 2 is 0.950 bits per heavy atom. The van der Waals surface area contributed by atoms with Gasteiger partial charge in [-0.15, -0.1) is 0 Å². The second-order valence-corrected chi connectivity index (χ2v) is 6.34. The fourth-order valence-electron chi connectivity index (χ4n) is 1.92. The van der Waals surface area contributed by atoms with Crippen molar-refractivity contribution in [1.82, 2.24) is 20.9 Å². The van der Waals surface area contributed by atoms with E-state index in [0.717, 1.165) is 26.2 Å². The molecule has 0 unspecified atom stereocenters. The number of nitrogens with one attached hydrogen (secondary N) is 2. The molecular formula is C10H18K2N4S4. The van der Waals surface area contributed by atoms with E-state index in [2.05, 4.69) is 20.9 Å². The SMILES string of the molecule is S=C([S-])NN1CCCC1.S=C([S-])NN1CCCC1.[K+].[K+].